The molecule has 0 aromatic carbocycles. The third-order valence-corrected chi connectivity index (χ3v) is 2.53. The van der Waals surface area contributed by atoms with Gasteiger partial charge in [-0.1, -0.05) is 19.3 Å². The molecule has 1 atom stereocenters. The number of alkyl halides is 1. The van der Waals surface area contributed by atoms with Gasteiger partial charge < -0.3 is 21.9 Å². The van der Waals surface area contributed by atoms with Gasteiger partial charge in [0.25, 0.3) is 0 Å². The van der Waals surface area contributed by atoms with Crippen molar-refractivity contribution in [2.45, 2.75) is 37.6 Å². The number of carboxylic acid groups (broad SMARTS) is 1. The van der Waals surface area contributed by atoms with E-state index in [4.69, 9.17) is 22.0 Å². The molecule has 0 radical (unpaired) electrons. The molecule has 0 spiro atoms. The molecule has 0 amide bonds. The van der Waals surface area contributed by atoms with Crippen molar-refractivity contribution < 1.29 is 14.3 Å². The van der Waals surface area contributed by atoms with E-state index in [2.05, 4.69) is 5.32 Å². The lowest BCUT2D eigenvalue weighted by atomic mass is 9.94. The second-order valence-electron chi connectivity index (χ2n) is 4.10. The monoisotopic (exact) mass is 248 g/mol. The van der Waals surface area contributed by atoms with E-state index < -0.39 is 18.2 Å². The molecule has 1 unspecified atom stereocenters. The lowest BCUT2D eigenvalue weighted by molar-refractivity contribution is -0.144. The Balaban J connectivity index is 3.57. The van der Waals surface area contributed by atoms with Gasteiger partial charge in [0.05, 0.1) is 0 Å². The fourth-order valence-electron chi connectivity index (χ4n) is 1.37. The normalized spacial score (nSPS) is 14.0. The van der Waals surface area contributed by atoms with Gasteiger partial charge in [0.2, 0.25) is 0 Å². The van der Waals surface area contributed by atoms with Gasteiger partial charge in [-0.3, -0.25) is 10.2 Å². The number of nitrogens with two attached hydrogens (primary N) is 2. The molecule has 0 saturated heterocycles. The Bertz CT molecular complexity index is 263. The molecule has 7 heteroatoms. The van der Waals surface area contributed by atoms with Gasteiger partial charge in [-0.25, -0.2) is 4.39 Å². The predicted molar refractivity (Wildman–Crippen MR) is 63.5 cm³/mol. The fraction of sp³-hybridized carbons (Fsp3) is 0.800. The van der Waals surface area contributed by atoms with Crippen LogP contribution in [-0.2, 0) is 4.79 Å². The van der Waals surface area contributed by atoms with Gasteiger partial charge in [0.15, 0.2) is 5.96 Å². The largest absolute Gasteiger partial charge is 0.480 e. The smallest absolute Gasteiger partial charge is 0.326 e. The average molecular weight is 248 g/mol. The topological polar surface area (TPSA) is 125 Å². The molecular weight excluding hydrogens is 227 g/mol. The molecule has 0 saturated carbocycles. The highest BCUT2D eigenvalue weighted by atomic mass is 19.1. The minimum Gasteiger partial charge on any atom is -0.480 e. The molecular formula is C10H21FN4O2. The molecule has 0 aliphatic carbocycles. The SMILES string of the molecule is N=C(N)NCCCCCCC(N)(CF)C(=O)O. The van der Waals surface area contributed by atoms with Crippen molar-refractivity contribution in [1.29, 1.82) is 5.41 Å². The maximum absolute atomic E-state index is 12.5. The summed E-state index contributed by atoms with van der Waals surface area (Å²) in [6.07, 6.45) is 3.19. The standard InChI is InChI=1S/C10H21FN4O2/c11-7-10(14,8(16)17)5-3-1-2-4-6-15-9(12)13/h1-7,14H2,(H,16,17)(H4,12,13,15). The number of guanidine groups is 1. The third kappa shape index (κ3) is 6.72. The first kappa shape index (κ1) is 15.6. The molecule has 0 fully saturated rings. The Morgan fingerprint density at radius 2 is 1.94 bits per heavy atom. The molecule has 6 nitrogen and oxygen atoms in total. The van der Waals surface area contributed by atoms with Crippen molar-refractivity contribution in [1.82, 2.24) is 5.32 Å². The highest BCUT2D eigenvalue weighted by Gasteiger charge is 2.33. The van der Waals surface area contributed by atoms with Crippen LogP contribution in [0.4, 0.5) is 4.39 Å². The number of rotatable bonds is 9. The van der Waals surface area contributed by atoms with Crippen molar-refractivity contribution >= 4 is 11.9 Å². The minimum absolute atomic E-state index is 0.0609. The molecule has 0 heterocycles. The number of carbonyl (C=O) groups is 1. The van der Waals surface area contributed by atoms with E-state index in [0.29, 0.717) is 13.0 Å². The Morgan fingerprint density at radius 3 is 2.41 bits per heavy atom. The van der Waals surface area contributed by atoms with E-state index in [1.54, 1.807) is 0 Å². The van der Waals surface area contributed by atoms with Gasteiger partial charge in [0, 0.05) is 6.54 Å². The Labute approximate surface area is 100 Å². The van der Waals surface area contributed by atoms with E-state index in [1.165, 1.54) is 0 Å². The third-order valence-electron chi connectivity index (χ3n) is 2.53. The van der Waals surface area contributed by atoms with Crippen molar-refractivity contribution in [2.75, 3.05) is 13.2 Å². The first-order valence-corrected chi connectivity index (χ1v) is 5.58. The van der Waals surface area contributed by atoms with Crippen LogP contribution < -0.4 is 16.8 Å². The maximum atomic E-state index is 12.5. The second kappa shape index (κ2) is 7.83. The van der Waals surface area contributed by atoms with Crippen molar-refractivity contribution in [3.8, 4) is 0 Å². The van der Waals surface area contributed by atoms with Crippen LogP contribution in [0.1, 0.15) is 32.1 Å². The molecule has 17 heavy (non-hydrogen) atoms. The first-order chi connectivity index (χ1) is 7.92. The van der Waals surface area contributed by atoms with Crippen LogP contribution in [-0.4, -0.2) is 35.8 Å². The first-order valence-electron chi connectivity index (χ1n) is 5.58. The molecule has 0 aliphatic rings. The summed E-state index contributed by atoms with van der Waals surface area (Å²) in [5.74, 6) is -1.35. The second-order valence-corrected chi connectivity index (χ2v) is 4.10. The number of carboxylic acids is 1. The highest BCUT2D eigenvalue weighted by molar-refractivity contribution is 5.78. The zero-order valence-corrected chi connectivity index (χ0v) is 9.84. The number of hydrogen-bond donors (Lipinski definition) is 5. The summed E-state index contributed by atoms with van der Waals surface area (Å²) in [7, 11) is 0. The fourth-order valence-corrected chi connectivity index (χ4v) is 1.37. The number of aliphatic carboxylic acids is 1. The van der Waals surface area contributed by atoms with Crippen LogP contribution in [0.5, 0.6) is 0 Å². The van der Waals surface area contributed by atoms with E-state index >= 15 is 0 Å². The van der Waals surface area contributed by atoms with Gasteiger partial charge in [-0.15, -0.1) is 0 Å². The lowest BCUT2D eigenvalue weighted by Gasteiger charge is -2.20. The van der Waals surface area contributed by atoms with Crippen LogP contribution >= 0.6 is 0 Å². The zero-order chi connectivity index (χ0) is 13.3. The van der Waals surface area contributed by atoms with Crippen LogP contribution in [0.3, 0.4) is 0 Å². The summed E-state index contributed by atoms with van der Waals surface area (Å²) in [4.78, 5) is 10.7. The molecule has 0 rings (SSSR count). The van der Waals surface area contributed by atoms with Gasteiger partial charge >= 0.3 is 5.97 Å². The number of unbranched alkanes of at least 4 members (excludes halogenated alkanes) is 3. The minimum atomic E-state index is -1.74. The molecule has 0 aromatic heterocycles. The summed E-state index contributed by atoms with van der Waals surface area (Å²) in [5.41, 5.74) is 8.74. The molecule has 0 aliphatic heterocycles. The van der Waals surface area contributed by atoms with Gasteiger partial charge in [-0.05, 0) is 12.8 Å². The van der Waals surface area contributed by atoms with Crippen LogP contribution in [0.15, 0.2) is 0 Å². The number of hydrogen-bond acceptors (Lipinski definition) is 3. The van der Waals surface area contributed by atoms with Crippen LogP contribution in [0, 0.1) is 5.41 Å². The van der Waals surface area contributed by atoms with E-state index in [9.17, 15) is 9.18 Å². The van der Waals surface area contributed by atoms with Crippen molar-refractivity contribution in [2.24, 2.45) is 11.5 Å². The van der Waals surface area contributed by atoms with E-state index in [0.717, 1.165) is 19.3 Å². The molecule has 100 valence electrons. The maximum Gasteiger partial charge on any atom is 0.326 e. The van der Waals surface area contributed by atoms with Crippen molar-refractivity contribution in [3.63, 3.8) is 0 Å². The quantitative estimate of drug-likeness (QED) is 0.226. The Kier molecular flexibility index (Phi) is 7.20. The molecule has 7 N–H and O–H groups in total. The summed E-state index contributed by atoms with van der Waals surface area (Å²) in [6, 6.07) is 0. The molecule has 0 bridgehead atoms. The van der Waals surface area contributed by atoms with E-state index in [-0.39, 0.29) is 12.4 Å². The highest BCUT2D eigenvalue weighted by Crippen LogP contribution is 2.14. The number of nitrogens with one attached hydrogen (secondary N) is 2. The van der Waals surface area contributed by atoms with Crippen LogP contribution in [0.2, 0.25) is 0 Å². The lowest BCUT2D eigenvalue weighted by Crippen LogP contribution is -2.50. The summed E-state index contributed by atoms with van der Waals surface area (Å²) >= 11 is 0. The van der Waals surface area contributed by atoms with E-state index in [1.807, 2.05) is 0 Å². The molecule has 0 aromatic rings. The Hall–Kier alpha value is -1.37. The van der Waals surface area contributed by atoms with Gasteiger partial charge in [-0.2, -0.15) is 0 Å². The van der Waals surface area contributed by atoms with Gasteiger partial charge in [0.1, 0.15) is 12.2 Å². The Morgan fingerprint density at radius 1 is 1.35 bits per heavy atom. The summed E-state index contributed by atoms with van der Waals surface area (Å²) in [5, 5.41) is 18.3. The average Bonchev–Trinajstić information content (AvgIpc) is 2.26. The summed E-state index contributed by atoms with van der Waals surface area (Å²) in [6.45, 7) is -0.431. The summed E-state index contributed by atoms with van der Waals surface area (Å²) < 4.78 is 12.5. The zero-order valence-electron chi connectivity index (χ0n) is 9.84. The van der Waals surface area contributed by atoms with Crippen LogP contribution in [0.25, 0.3) is 0 Å². The number of halogens is 1. The predicted octanol–water partition coefficient (Wildman–Crippen LogP) is 0.172. The van der Waals surface area contributed by atoms with Crippen molar-refractivity contribution in [3.05, 3.63) is 0 Å².